The number of likely N-dealkylation sites (tertiary alicyclic amines) is 1. The molecular formula is C14H25NO2. The Hall–Kier alpha value is -0.830. The molecule has 0 aromatic rings. The van der Waals surface area contributed by atoms with Gasteiger partial charge in [0.1, 0.15) is 6.10 Å². The number of rotatable bonds is 5. The normalized spacial score (nSPS) is 19.2. The lowest BCUT2D eigenvalue weighted by atomic mass is 10.1. The van der Waals surface area contributed by atoms with Gasteiger partial charge >= 0.3 is 0 Å². The number of nitrogens with zero attached hydrogens (tertiary/aromatic N) is 1. The first-order chi connectivity index (χ1) is 8.25. The molecule has 1 rings (SSSR count). The Labute approximate surface area is 105 Å². The maximum Gasteiger partial charge on any atom is 0.251 e. The summed E-state index contributed by atoms with van der Waals surface area (Å²) in [6.45, 7) is 7.87. The Bertz CT molecular complexity index is 232. The van der Waals surface area contributed by atoms with Crippen molar-refractivity contribution in [1.82, 2.24) is 4.90 Å². The minimum atomic E-state index is -0.311. The fraction of sp³-hybridized carbons (Fsp3) is 0.786. The van der Waals surface area contributed by atoms with Crippen molar-refractivity contribution in [2.75, 3.05) is 19.7 Å². The maximum absolute atomic E-state index is 12.1. The van der Waals surface area contributed by atoms with Gasteiger partial charge in [0, 0.05) is 13.1 Å². The highest BCUT2D eigenvalue weighted by Gasteiger charge is 2.20. The summed E-state index contributed by atoms with van der Waals surface area (Å²) in [5.41, 5.74) is 0. The van der Waals surface area contributed by atoms with Gasteiger partial charge in [-0.1, -0.05) is 25.3 Å². The van der Waals surface area contributed by atoms with Gasteiger partial charge in [-0.2, -0.15) is 0 Å². The standard InChI is InChI=1S/C14H25NO2/c1-3-4-12-17-13(2)14(16)15-10-8-6-5-7-9-11-15/h3,13H,1,4-12H2,2H3/t13-/m0/s1. The van der Waals surface area contributed by atoms with Crippen LogP contribution in [-0.2, 0) is 9.53 Å². The molecule has 1 aliphatic heterocycles. The van der Waals surface area contributed by atoms with Gasteiger partial charge in [-0.25, -0.2) is 0 Å². The molecule has 0 saturated carbocycles. The molecule has 17 heavy (non-hydrogen) atoms. The second-order valence-electron chi connectivity index (χ2n) is 4.68. The topological polar surface area (TPSA) is 29.5 Å². The van der Waals surface area contributed by atoms with Crippen molar-refractivity contribution in [3.05, 3.63) is 12.7 Å². The highest BCUT2D eigenvalue weighted by atomic mass is 16.5. The first kappa shape index (κ1) is 14.2. The molecule has 1 heterocycles. The van der Waals surface area contributed by atoms with Gasteiger partial charge in [0.05, 0.1) is 6.61 Å². The summed E-state index contributed by atoms with van der Waals surface area (Å²) < 4.78 is 5.51. The van der Waals surface area contributed by atoms with Crippen molar-refractivity contribution in [1.29, 1.82) is 0 Å². The van der Waals surface area contributed by atoms with Crippen LogP contribution < -0.4 is 0 Å². The molecule has 3 nitrogen and oxygen atoms in total. The molecule has 0 radical (unpaired) electrons. The van der Waals surface area contributed by atoms with Crippen LogP contribution in [0.4, 0.5) is 0 Å². The van der Waals surface area contributed by atoms with Gasteiger partial charge in [0.2, 0.25) is 0 Å². The van der Waals surface area contributed by atoms with Crippen molar-refractivity contribution in [2.24, 2.45) is 0 Å². The van der Waals surface area contributed by atoms with Crippen molar-refractivity contribution >= 4 is 5.91 Å². The predicted octanol–water partition coefficient (Wildman–Crippen LogP) is 2.76. The fourth-order valence-electron chi connectivity index (χ4n) is 2.12. The average molecular weight is 239 g/mol. The Morgan fingerprint density at radius 3 is 2.47 bits per heavy atom. The maximum atomic E-state index is 12.1. The van der Waals surface area contributed by atoms with Gasteiger partial charge in [-0.3, -0.25) is 4.79 Å². The highest BCUT2D eigenvalue weighted by Crippen LogP contribution is 2.12. The average Bonchev–Trinajstić information content (AvgIpc) is 2.28. The summed E-state index contributed by atoms with van der Waals surface area (Å²) >= 11 is 0. The molecule has 0 bridgehead atoms. The van der Waals surface area contributed by atoms with Crippen molar-refractivity contribution in [2.45, 2.75) is 51.6 Å². The molecular weight excluding hydrogens is 214 g/mol. The van der Waals surface area contributed by atoms with Crippen LogP contribution in [0, 0.1) is 0 Å². The Morgan fingerprint density at radius 1 is 1.29 bits per heavy atom. The Morgan fingerprint density at radius 2 is 1.88 bits per heavy atom. The van der Waals surface area contributed by atoms with Crippen LogP contribution in [0.1, 0.15) is 45.4 Å². The third kappa shape index (κ3) is 5.35. The summed E-state index contributed by atoms with van der Waals surface area (Å²) in [5, 5.41) is 0. The van der Waals surface area contributed by atoms with E-state index in [-0.39, 0.29) is 12.0 Å². The molecule has 3 heteroatoms. The summed E-state index contributed by atoms with van der Waals surface area (Å²) in [6.07, 6.45) is 8.37. The van der Waals surface area contributed by atoms with E-state index in [0.29, 0.717) is 6.61 Å². The van der Waals surface area contributed by atoms with Gasteiger partial charge in [-0.15, -0.1) is 6.58 Å². The number of ether oxygens (including phenoxy) is 1. The van der Waals surface area contributed by atoms with E-state index in [1.165, 1.54) is 19.3 Å². The van der Waals surface area contributed by atoms with Crippen molar-refractivity contribution in [3.63, 3.8) is 0 Å². The minimum absolute atomic E-state index is 0.149. The minimum Gasteiger partial charge on any atom is -0.368 e. The zero-order chi connectivity index (χ0) is 12.5. The van der Waals surface area contributed by atoms with E-state index in [2.05, 4.69) is 6.58 Å². The highest BCUT2D eigenvalue weighted by molar-refractivity contribution is 5.80. The summed E-state index contributed by atoms with van der Waals surface area (Å²) in [4.78, 5) is 14.1. The van der Waals surface area contributed by atoms with Gasteiger partial charge in [0.25, 0.3) is 5.91 Å². The number of amides is 1. The quantitative estimate of drug-likeness (QED) is 0.545. The van der Waals surface area contributed by atoms with Crippen LogP contribution in [0.2, 0.25) is 0 Å². The number of carbonyl (C=O) groups is 1. The number of hydrogen-bond acceptors (Lipinski definition) is 2. The van der Waals surface area contributed by atoms with Crippen LogP contribution in [-0.4, -0.2) is 36.6 Å². The first-order valence-corrected chi connectivity index (χ1v) is 6.77. The molecule has 1 saturated heterocycles. The number of carbonyl (C=O) groups excluding carboxylic acids is 1. The van der Waals surface area contributed by atoms with E-state index >= 15 is 0 Å². The predicted molar refractivity (Wildman–Crippen MR) is 69.9 cm³/mol. The molecule has 1 fully saturated rings. The third-order valence-corrected chi connectivity index (χ3v) is 3.21. The number of hydrogen-bond donors (Lipinski definition) is 0. The van der Waals surface area contributed by atoms with E-state index in [4.69, 9.17) is 4.74 Å². The van der Waals surface area contributed by atoms with E-state index in [1.54, 1.807) is 0 Å². The fourth-order valence-corrected chi connectivity index (χ4v) is 2.12. The van der Waals surface area contributed by atoms with E-state index in [0.717, 1.165) is 32.4 Å². The Balaban J connectivity index is 2.34. The van der Waals surface area contributed by atoms with E-state index in [9.17, 15) is 4.79 Å². The van der Waals surface area contributed by atoms with Crippen LogP contribution in [0.3, 0.4) is 0 Å². The third-order valence-electron chi connectivity index (χ3n) is 3.21. The second-order valence-corrected chi connectivity index (χ2v) is 4.68. The largest absolute Gasteiger partial charge is 0.368 e. The van der Waals surface area contributed by atoms with Gasteiger partial charge < -0.3 is 9.64 Å². The lowest BCUT2D eigenvalue weighted by Crippen LogP contribution is -2.40. The van der Waals surface area contributed by atoms with Crippen molar-refractivity contribution < 1.29 is 9.53 Å². The van der Waals surface area contributed by atoms with Crippen LogP contribution in [0.25, 0.3) is 0 Å². The molecule has 0 aromatic heterocycles. The summed E-state index contributed by atoms with van der Waals surface area (Å²) in [6, 6.07) is 0. The van der Waals surface area contributed by atoms with Crippen LogP contribution in [0.15, 0.2) is 12.7 Å². The molecule has 0 unspecified atom stereocenters. The monoisotopic (exact) mass is 239 g/mol. The van der Waals surface area contributed by atoms with Gasteiger partial charge in [-0.05, 0) is 26.2 Å². The molecule has 98 valence electrons. The summed E-state index contributed by atoms with van der Waals surface area (Å²) in [7, 11) is 0. The second kappa shape index (κ2) is 8.29. The van der Waals surface area contributed by atoms with Crippen molar-refractivity contribution in [3.8, 4) is 0 Å². The van der Waals surface area contributed by atoms with Gasteiger partial charge in [0.15, 0.2) is 0 Å². The Kier molecular flexibility index (Phi) is 6.94. The summed E-state index contributed by atoms with van der Waals surface area (Å²) in [5.74, 6) is 0.149. The van der Waals surface area contributed by atoms with E-state index < -0.39 is 0 Å². The molecule has 0 aliphatic carbocycles. The molecule has 1 atom stereocenters. The lowest BCUT2D eigenvalue weighted by molar-refractivity contribution is -0.142. The molecule has 0 spiro atoms. The molecule has 0 N–H and O–H groups in total. The molecule has 1 aliphatic rings. The zero-order valence-electron chi connectivity index (χ0n) is 11.0. The van der Waals surface area contributed by atoms with E-state index in [1.807, 2.05) is 17.9 Å². The first-order valence-electron chi connectivity index (χ1n) is 6.77. The van der Waals surface area contributed by atoms with Crippen LogP contribution >= 0.6 is 0 Å². The zero-order valence-corrected chi connectivity index (χ0v) is 11.0. The smallest absolute Gasteiger partial charge is 0.251 e. The SMILES string of the molecule is C=CCCO[C@@H](C)C(=O)N1CCCCCCC1. The lowest BCUT2D eigenvalue weighted by Gasteiger charge is -2.27. The molecule has 0 aromatic carbocycles. The van der Waals surface area contributed by atoms with Crippen LogP contribution in [0.5, 0.6) is 0 Å². The molecule has 1 amide bonds.